The standard InChI is InChI=1S/C25H30N4O2/c1-17-19(15-22(31-17)24(2,3)4)23(30)28-12-5-8-25(16-28)9-13-29(25)18-6-7-20-21(14-18)27-11-10-26-20/h6-7,10-11,14-15H,5,8-9,12-13,16H2,1-4H3. The van der Waals surface area contributed by atoms with E-state index in [2.05, 4.69) is 47.8 Å². The fourth-order valence-electron chi connectivity index (χ4n) is 5.01. The van der Waals surface area contributed by atoms with Gasteiger partial charge >= 0.3 is 0 Å². The molecule has 1 spiro atoms. The van der Waals surface area contributed by atoms with Crippen LogP contribution in [0.1, 0.15) is 61.9 Å². The van der Waals surface area contributed by atoms with E-state index < -0.39 is 0 Å². The summed E-state index contributed by atoms with van der Waals surface area (Å²) < 4.78 is 5.94. The Hall–Kier alpha value is -2.89. The van der Waals surface area contributed by atoms with Crippen molar-refractivity contribution in [1.82, 2.24) is 14.9 Å². The minimum Gasteiger partial charge on any atom is -0.465 e. The highest BCUT2D eigenvalue weighted by molar-refractivity contribution is 5.95. The monoisotopic (exact) mass is 418 g/mol. The van der Waals surface area contributed by atoms with Gasteiger partial charge in [0.25, 0.3) is 5.91 Å². The van der Waals surface area contributed by atoms with Crippen LogP contribution in [0.25, 0.3) is 11.0 Å². The predicted molar refractivity (Wildman–Crippen MR) is 122 cm³/mol. The Morgan fingerprint density at radius 1 is 1.06 bits per heavy atom. The number of anilines is 1. The van der Waals surface area contributed by atoms with E-state index in [-0.39, 0.29) is 16.9 Å². The first-order chi connectivity index (χ1) is 14.8. The van der Waals surface area contributed by atoms with Crippen molar-refractivity contribution >= 4 is 22.6 Å². The fourth-order valence-corrected chi connectivity index (χ4v) is 5.01. The molecule has 1 atom stereocenters. The molecule has 31 heavy (non-hydrogen) atoms. The molecule has 4 heterocycles. The number of rotatable bonds is 2. The number of likely N-dealkylation sites (tertiary alicyclic amines) is 1. The number of nitrogens with zero attached hydrogens (tertiary/aromatic N) is 4. The average Bonchev–Trinajstić information content (AvgIpc) is 3.14. The van der Waals surface area contributed by atoms with Crippen LogP contribution >= 0.6 is 0 Å². The summed E-state index contributed by atoms with van der Waals surface area (Å²) in [6.45, 7) is 10.8. The lowest BCUT2D eigenvalue weighted by Gasteiger charge is -2.58. The van der Waals surface area contributed by atoms with Crippen LogP contribution < -0.4 is 4.90 Å². The molecule has 2 aromatic heterocycles. The molecule has 0 N–H and O–H groups in total. The van der Waals surface area contributed by atoms with Crippen LogP contribution in [0.5, 0.6) is 0 Å². The van der Waals surface area contributed by atoms with Gasteiger partial charge in [-0.15, -0.1) is 0 Å². The second kappa shape index (κ2) is 7.08. The molecule has 0 bridgehead atoms. The van der Waals surface area contributed by atoms with E-state index in [4.69, 9.17) is 4.42 Å². The Bertz CT molecular complexity index is 1150. The topological polar surface area (TPSA) is 62.5 Å². The Morgan fingerprint density at radius 3 is 2.52 bits per heavy atom. The van der Waals surface area contributed by atoms with Crippen molar-refractivity contribution in [2.45, 2.75) is 57.9 Å². The third-order valence-corrected chi connectivity index (χ3v) is 6.87. The molecule has 2 aliphatic heterocycles. The van der Waals surface area contributed by atoms with Gasteiger partial charge in [-0.2, -0.15) is 0 Å². The summed E-state index contributed by atoms with van der Waals surface area (Å²) in [5.74, 6) is 1.67. The Morgan fingerprint density at radius 2 is 1.84 bits per heavy atom. The summed E-state index contributed by atoms with van der Waals surface area (Å²) in [4.78, 5) is 26.8. The van der Waals surface area contributed by atoms with Gasteiger partial charge in [0.15, 0.2) is 0 Å². The van der Waals surface area contributed by atoms with Crippen molar-refractivity contribution in [2.24, 2.45) is 0 Å². The number of piperidine rings is 1. The van der Waals surface area contributed by atoms with E-state index in [1.54, 1.807) is 12.4 Å². The van der Waals surface area contributed by atoms with E-state index in [0.29, 0.717) is 11.3 Å². The molecule has 1 unspecified atom stereocenters. The molecule has 0 saturated carbocycles. The molecule has 0 aliphatic carbocycles. The summed E-state index contributed by atoms with van der Waals surface area (Å²) >= 11 is 0. The SMILES string of the molecule is Cc1oc(C(C)(C)C)cc1C(=O)N1CCCC2(CCN2c2ccc3nccnc3c2)C1. The van der Waals surface area contributed by atoms with Crippen LogP contribution in [0.2, 0.25) is 0 Å². The van der Waals surface area contributed by atoms with Gasteiger partial charge in [0.05, 0.1) is 22.1 Å². The number of aryl methyl sites for hydroxylation is 1. The largest absolute Gasteiger partial charge is 0.465 e. The van der Waals surface area contributed by atoms with Gasteiger partial charge < -0.3 is 14.2 Å². The Kier molecular flexibility index (Phi) is 4.57. The number of hydrogen-bond donors (Lipinski definition) is 0. The third-order valence-electron chi connectivity index (χ3n) is 6.87. The van der Waals surface area contributed by atoms with Gasteiger partial charge in [0, 0.05) is 43.1 Å². The average molecular weight is 419 g/mol. The number of carbonyl (C=O) groups is 1. The summed E-state index contributed by atoms with van der Waals surface area (Å²) in [6, 6.07) is 8.24. The summed E-state index contributed by atoms with van der Waals surface area (Å²) in [5, 5.41) is 0. The van der Waals surface area contributed by atoms with E-state index >= 15 is 0 Å². The second-order valence-electron chi connectivity index (χ2n) is 10.0. The highest BCUT2D eigenvalue weighted by atomic mass is 16.3. The molecule has 2 fully saturated rings. The first kappa shape index (κ1) is 20.0. The number of benzene rings is 1. The number of amides is 1. The first-order valence-corrected chi connectivity index (χ1v) is 11.2. The van der Waals surface area contributed by atoms with Crippen molar-refractivity contribution in [2.75, 3.05) is 24.5 Å². The van der Waals surface area contributed by atoms with Crippen molar-refractivity contribution in [3.8, 4) is 0 Å². The number of fused-ring (bicyclic) bond motifs is 1. The lowest BCUT2D eigenvalue weighted by molar-refractivity contribution is 0.0562. The van der Waals surface area contributed by atoms with Crippen molar-refractivity contribution < 1.29 is 9.21 Å². The van der Waals surface area contributed by atoms with Crippen molar-refractivity contribution in [1.29, 1.82) is 0 Å². The molecule has 5 rings (SSSR count). The fraction of sp³-hybridized carbons (Fsp3) is 0.480. The van der Waals surface area contributed by atoms with Gasteiger partial charge in [-0.25, -0.2) is 0 Å². The minimum atomic E-state index is -0.115. The number of carbonyl (C=O) groups excluding carboxylic acids is 1. The highest BCUT2D eigenvalue weighted by Crippen LogP contribution is 2.43. The molecule has 162 valence electrons. The van der Waals surface area contributed by atoms with E-state index in [1.807, 2.05) is 24.0 Å². The zero-order valence-electron chi connectivity index (χ0n) is 18.8. The number of aromatic nitrogens is 2. The minimum absolute atomic E-state index is 0.00823. The molecule has 2 saturated heterocycles. The molecule has 6 nitrogen and oxygen atoms in total. The molecule has 1 aromatic carbocycles. The smallest absolute Gasteiger partial charge is 0.257 e. The lowest BCUT2D eigenvalue weighted by Crippen LogP contribution is -2.68. The van der Waals surface area contributed by atoms with E-state index in [9.17, 15) is 4.79 Å². The van der Waals surface area contributed by atoms with Crippen LogP contribution in [0.15, 0.2) is 41.1 Å². The van der Waals surface area contributed by atoms with Crippen molar-refractivity contribution in [3.63, 3.8) is 0 Å². The van der Waals surface area contributed by atoms with Crippen LogP contribution in [-0.2, 0) is 5.41 Å². The van der Waals surface area contributed by atoms with Gasteiger partial charge in [0.1, 0.15) is 11.5 Å². The molecular formula is C25H30N4O2. The zero-order valence-corrected chi connectivity index (χ0v) is 18.8. The third kappa shape index (κ3) is 3.38. The first-order valence-electron chi connectivity index (χ1n) is 11.2. The van der Waals surface area contributed by atoms with Gasteiger partial charge in [-0.05, 0) is 50.5 Å². The van der Waals surface area contributed by atoms with E-state index in [1.165, 1.54) is 5.69 Å². The summed E-state index contributed by atoms with van der Waals surface area (Å²) in [5.41, 5.74) is 3.59. The lowest BCUT2D eigenvalue weighted by atomic mass is 9.77. The number of furan rings is 1. The Labute approximate surface area is 183 Å². The van der Waals surface area contributed by atoms with Crippen LogP contribution in [0, 0.1) is 6.92 Å². The van der Waals surface area contributed by atoms with Crippen molar-refractivity contribution in [3.05, 3.63) is 53.7 Å². The maximum atomic E-state index is 13.4. The normalized spacial score (nSPS) is 21.5. The molecule has 3 aromatic rings. The molecule has 6 heteroatoms. The highest BCUT2D eigenvalue weighted by Gasteiger charge is 2.48. The summed E-state index contributed by atoms with van der Waals surface area (Å²) in [6.07, 6.45) is 6.68. The van der Waals surface area contributed by atoms with Gasteiger partial charge in [0.2, 0.25) is 0 Å². The number of hydrogen-bond acceptors (Lipinski definition) is 5. The maximum absolute atomic E-state index is 13.4. The molecule has 2 aliphatic rings. The summed E-state index contributed by atoms with van der Waals surface area (Å²) in [7, 11) is 0. The molecule has 1 amide bonds. The quantitative estimate of drug-likeness (QED) is 0.603. The molecular weight excluding hydrogens is 388 g/mol. The predicted octanol–water partition coefficient (Wildman–Crippen LogP) is 4.71. The molecule has 0 radical (unpaired) electrons. The van der Waals surface area contributed by atoms with Crippen LogP contribution in [0.3, 0.4) is 0 Å². The maximum Gasteiger partial charge on any atom is 0.257 e. The second-order valence-corrected chi connectivity index (χ2v) is 10.0. The zero-order chi connectivity index (χ0) is 21.8. The van der Waals surface area contributed by atoms with E-state index in [0.717, 1.165) is 55.7 Å². The van der Waals surface area contributed by atoms with Gasteiger partial charge in [-0.1, -0.05) is 20.8 Å². The Balaban J connectivity index is 1.39. The van der Waals surface area contributed by atoms with Crippen LogP contribution in [0.4, 0.5) is 5.69 Å². The van der Waals surface area contributed by atoms with Crippen LogP contribution in [-0.4, -0.2) is 45.9 Å². The van der Waals surface area contributed by atoms with Gasteiger partial charge in [-0.3, -0.25) is 14.8 Å².